The molecule has 1 unspecified atom stereocenters. The maximum atomic E-state index is 8.74. The van der Waals surface area contributed by atoms with Crippen molar-refractivity contribution in [3.8, 4) is 17.6 Å². The summed E-state index contributed by atoms with van der Waals surface area (Å²) in [6.07, 6.45) is 0.195. The van der Waals surface area contributed by atoms with Gasteiger partial charge < -0.3 is 14.2 Å². The smallest absolute Gasteiger partial charge is 0.162 e. The van der Waals surface area contributed by atoms with Crippen molar-refractivity contribution in [2.24, 2.45) is 0 Å². The highest BCUT2D eigenvalue weighted by Crippen LogP contribution is 2.28. The van der Waals surface area contributed by atoms with Gasteiger partial charge in [-0.15, -0.1) is 0 Å². The van der Waals surface area contributed by atoms with Crippen molar-refractivity contribution >= 4 is 0 Å². The van der Waals surface area contributed by atoms with Gasteiger partial charge in [0.15, 0.2) is 11.5 Å². The van der Waals surface area contributed by atoms with Gasteiger partial charge >= 0.3 is 0 Å². The first-order valence-corrected chi connectivity index (χ1v) is 4.66. The molecule has 1 aliphatic heterocycles. The van der Waals surface area contributed by atoms with E-state index in [1.807, 2.05) is 0 Å². The molecule has 15 heavy (non-hydrogen) atoms. The topological polar surface area (TPSA) is 54.8 Å². The van der Waals surface area contributed by atoms with E-state index in [1.54, 1.807) is 25.3 Å². The molecule has 4 heteroatoms. The summed E-state index contributed by atoms with van der Waals surface area (Å²) >= 11 is 0. The van der Waals surface area contributed by atoms with Gasteiger partial charge in [0.1, 0.15) is 12.7 Å². The van der Waals surface area contributed by atoms with Gasteiger partial charge in [-0.1, -0.05) is 0 Å². The molecule has 0 bridgehead atoms. The van der Waals surface area contributed by atoms with Crippen LogP contribution in [0.1, 0.15) is 5.56 Å². The number of hydrogen-bond donors (Lipinski definition) is 0. The van der Waals surface area contributed by atoms with Crippen LogP contribution in [0.2, 0.25) is 0 Å². The van der Waals surface area contributed by atoms with E-state index >= 15 is 0 Å². The molecule has 1 aromatic carbocycles. The van der Waals surface area contributed by atoms with E-state index in [0.29, 0.717) is 23.7 Å². The number of hydrogen-bond acceptors (Lipinski definition) is 4. The lowest BCUT2D eigenvalue weighted by molar-refractivity contribution is 0.252. The molecule has 1 atom stereocenters. The van der Waals surface area contributed by atoms with Crippen LogP contribution in [0.5, 0.6) is 11.5 Å². The quantitative estimate of drug-likeness (QED) is 0.696. The second-order valence-electron chi connectivity index (χ2n) is 3.24. The molecule has 1 heterocycles. The molecule has 1 saturated heterocycles. The molecule has 2 rings (SSSR count). The van der Waals surface area contributed by atoms with Gasteiger partial charge in [-0.3, -0.25) is 0 Å². The van der Waals surface area contributed by atoms with Crippen molar-refractivity contribution in [1.29, 1.82) is 5.26 Å². The van der Waals surface area contributed by atoms with Crippen molar-refractivity contribution < 1.29 is 14.2 Å². The highest BCUT2D eigenvalue weighted by atomic mass is 16.6. The Morgan fingerprint density at radius 2 is 2.33 bits per heavy atom. The highest BCUT2D eigenvalue weighted by Gasteiger charge is 2.23. The first kappa shape index (κ1) is 9.81. The molecule has 0 aromatic heterocycles. The zero-order chi connectivity index (χ0) is 10.7. The summed E-state index contributed by atoms with van der Waals surface area (Å²) in [5.74, 6) is 1.22. The maximum absolute atomic E-state index is 8.74. The van der Waals surface area contributed by atoms with E-state index in [2.05, 4.69) is 6.07 Å². The lowest BCUT2D eigenvalue weighted by Gasteiger charge is -2.09. The first-order valence-electron chi connectivity index (χ1n) is 4.66. The minimum absolute atomic E-state index is 0.195. The molecule has 1 aliphatic rings. The van der Waals surface area contributed by atoms with Crippen LogP contribution in [-0.2, 0) is 4.74 Å². The normalized spacial score (nSPS) is 18.0. The largest absolute Gasteiger partial charge is 0.493 e. The van der Waals surface area contributed by atoms with Crippen molar-refractivity contribution in [2.75, 3.05) is 20.3 Å². The van der Waals surface area contributed by atoms with Crippen LogP contribution < -0.4 is 9.47 Å². The maximum Gasteiger partial charge on any atom is 0.162 e. The predicted octanol–water partition coefficient (Wildman–Crippen LogP) is 1.34. The van der Waals surface area contributed by atoms with E-state index in [9.17, 15) is 0 Å². The zero-order valence-corrected chi connectivity index (χ0v) is 8.40. The Balaban J connectivity index is 2.13. The van der Waals surface area contributed by atoms with Gasteiger partial charge in [0.2, 0.25) is 0 Å². The van der Waals surface area contributed by atoms with Gasteiger partial charge in [-0.05, 0) is 12.1 Å². The van der Waals surface area contributed by atoms with Crippen molar-refractivity contribution in [2.45, 2.75) is 6.10 Å². The Morgan fingerprint density at radius 1 is 1.53 bits per heavy atom. The molecule has 1 aromatic rings. The van der Waals surface area contributed by atoms with Crippen molar-refractivity contribution in [3.63, 3.8) is 0 Å². The van der Waals surface area contributed by atoms with Gasteiger partial charge in [-0.2, -0.15) is 5.26 Å². The van der Waals surface area contributed by atoms with Gasteiger partial charge in [0, 0.05) is 6.07 Å². The van der Waals surface area contributed by atoms with Crippen LogP contribution in [0.3, 0.4) is 0 Å². The van der Waals surface area contributed by atoms with Crippen LogP contribution in [0, 0.1) is 11.3 Å². The van der Waals surface area contributed by atoms with Crippen LogP contribution in [0.4, 0.5) is 0 Å². The third-order valence-electron chi connectivity index (χ3n) is 2.12. The molecule has 78 valence electrons. The number of methoxy groups -OCH3 is 1. The minimum Gasteiger partial charge on any atom is -0.493 e. The third-order valence-corrected chi connectivity index (χ3v) is 2.12. The van der Waals surface area contributed by atoms with Crippen molar-refractivity contribution in [3.05, 3.63) is 23.8 Å². The molecule has 0 amide bonds. The summed E-state index contributed by atoms with van der Waals surface area (Å²) in [5, 5.41) is 8.74. The van der Waals surface area contributed by atoms with E-state index in [-0.39, 0.29) is 6.10 Å². The van der Waals surface area contributed by atoms with Gasteiger partial charge in [-0.25, -0.2) is 0 Å². The van der Waals surface area contributed by atoms with Crippen LogP contribution in [0.25, 0.3) is 0 Å². The lowest BCUT2D eigenvalue weighted by Crippen LogP contribution is -2.05. The summed E-state index contributed by atoms with van der Waals surface area (Å²) in [4.78, 5) is 0. The molecule has 0 spiro atoms. The summed E-state index contributed by atoms with van der Waals surface area (Å²) in [7, 11) is 1.57. The Bertz CT molecular complexity index is 393. The fourth-order valence-corrected chi connectivity index (χ4v) is 1.21. The van der Waals surface area contributed by atoms with E-state index in [1.165, 1.54) is 0 Å². The first-order chi connectivity index (χ1) is 7.33. The number of epoxide rings is 1. The SMILES string of the molecule is COc1ccc(C#N)cc1OCC1CO1. The molecular weight excluding hydrogens is 194 g/mol. The van der Waals surface area contributed by atoms with Gasteiger partial charge in [0.05, 0.1) is 25.3 Å². The monoisotopic (exact) mass is 205 g/mol. The number of benzene rings is 1. The lowest BCUT2D eigenvalue weighted by atomic mass is 10.2. The average molecular weight is 205 g/mol. The Hall–Kier alpha value is -1.73. The van der Waals surface area contributed by atoms with Gasteiger partial charge in [0.25, 0.3) is 0 Å². The Kier molecular flexibility index (Phi) is 2.75. The molecule has 1 fully saturated rings. The highest BCUT2D eigenvalue weighted by molar-refractivity contribution is 5.46. The summed E-state index contributed by atoms with van der Waals surface area (Å²) in [5.41, 5.74) is 0.558. The molecule has 0 radical (unpaired) electrons. The number of nitriles is 1. The van der Waals surface area contributed by atoms with Crippen LogP contribution in [-0.4, -0.2) is 26.4 Å². The fraction of sp³-hybridized carbons (Fsp3) is 0.364. The molecule has 0 saturated carbocycles. The Labute approximate surface area is 88.0 Å². The number of ether oxygens (including phenoxy) is 3. The van der Waals surface area contributed by atoms with E-state index < -0.39 is 0 Å². The molecule has 0 N–H and O–H groups in total. The summed E-state index contributed by atoms with van der Waals surface area (Å²) in [6, 6.07) is 7.14. The van der Waals surface area contributed by atoms with Crippen LogP contribution in [0.15, 0.2) is 18.2 Å². The molecule has 4 nitrogen and oxygen atoms in total. The fourth-order valence-electron chi connectivity index (χ4n) is 1.21. The van der Waals surface area contributed by atoms with Crippen molar-refractivity contribution in [1.82, 2.24) is 0 Å². The standard InChI is InChI=1S/C11H11NO3/c1-13-10-3-2-8(5-12)4-11(10)15-7-9-6-14-9/h2-4,9H,6-7H2,1H3. The molecule has 0 aliphatic carbocycles. The molecular formula is C11H11NO3. The Morgan fingerprint density at radius 3 is 2.93 bits per heavy atom. The van der Waals surface area contributed by atoms with E-state index in [4.69, 9.17) is 19.5 Å². The summed E-state index contributed by atoms with van der Waals surface area (Å²) < 4.78 is 15.6. The second kappa shape index (κ2) is 4.20. The summed E-state index contributed by atoms with van der Waals surface area (Å²) in [6.45, 7) is 1.26. The van der Waals surface area contributed by atoms with Crippen LogP contribution >= 0.6 is 0 Å². The third kappa shape index (κ3) is 2.39. The predicted molar refractivity (Wildman–Crippen MR) is 52.9 cm³/mol. The minimum atomic E-state index is 0.195. The second-order valence-corrected chi connectivity index (χ2v) is 3.24. The average Bonchev–Trinajstić information content (AvgIpc) is 3.09. The van der Waals surface area contributed by atoms with E-state index in [0.717, 1.165) is 6.61 Å². The number of rotatable bonds is 4. The number of nitrogens with zero attached hydrogens (tertiary/aromatic N) is 1. The zero-order valence-electron chi connectivity index (χ0n) is 8.40.